The molecule has 1 rings (SSSR count). The Morgan fingerprint density at radius 3 is 2.47 bits per heavy atom. The summed E-state index contributed by atoms with van der Waals surface area (Å²) in [6.45, 7) is 10.5. The maximum atomic E-state index is 5.40. The van der Waals surface area contributed by atoms with Gasteiger partial charge in [0.2, 0.25) is 0 Å². The molecule has 2 unspecified atom stereocenters. The summed E-state index contributed by atoms with van der Waals surface area (Å²) in [5.74, 6) is 3.60. The molecular weight excluding hydrogens is 208 g/mol. The molecule has 2 atom stereocenters. The molecule has 1 saturated heterocycles. The van der Waals surface area contributed by atoms with Crippen molar-refractivity contribution in [2.75, 3.05) is 19.6 Å². The van der Waals surface area contributed by atoms with E-state index in [-0.39, 0.29) is 0 Å². The Kier molecular flexibility index (Phi) is 6.62. The molecule has 1 aliphatic heterocycles. The Bertz CT molecular complexity index is 236. The molecule has 0 radical (unpaired) electrons. The van der Waals surface area contributed by atoms with Gasteiger partial charge in [-0.15, -0.1) is 12.3 Å². The molecule has 1 N–H and O–H groups in total. The van der Waals surface area contributed by atoms with Crippen LogP contribution in [0, 0.1) is 18.3 Å². The predicted octanol–water partition coefficient (Wildman–Crippen LogP) is 2.50. The van der Waals surface area contributed by atoms with Crippen molar-refractivity contribution in [1.82, 2.24) is 10.2 Å². The van der Waals surface area contributed by atoms with Gasteiger partial charge in [-0.2, -0.15) is 0 Å². The monoisotopic (exact) mass is 236 g/mol. The van der Waals surface area contributed by atoms with Crippen LogP contribution in [0.2, 0.25) is 0 Å². The molecule has 98 valence electrons. The summed E-state index contributed by atoms with van der Waals surface area (Å²) in [6.07, 6.45) is 10.0. The fourth-order valence-electron chi connectivity index (χ4n) is 2.74. The average molecular weight is 236 g/mol. The first-order valence-corrected chi connectivity index (χ1v) is 7.13. The first kappa shape index (κ1) is 14.5. The second-order valence-electron chi connectivity index (χ2n) is 5.24. The van der Waals surface area contributed by atoms with E-state index in [9.17, 15) is 0 Å². The zero-order valence-electron chi connectivity index (χ0n) is 11.7. The number of nitrogens with one attached hydrogen (secondary N) is 1. The van der Waals surface area contributed by atoms with Gasteiger partial charge in [0.15, 0.2) is 0 Å². The lowest BCUT2D eigenvalue weighted by atomic mass is 9.89. The second-order valence-corrected chi connectivity index (χ2v) is 5.24. The molecular formula is C15H28N2. The van der Waals surface area contributed by atoms with Gasteiger partial charge in [0.25, 0.3) is 0 Å². The standard InChI is InChI=1S/C15H28N2/c1-5-8-15(6-2)16-13(4)14-9-11-17(7-3)12-10-14/h1,13-16H,6-12H2,2-4H3. The van der Waals surface area contributed by atoms with Crippen LogP contribution in [0.3, 0.4) is 0 Å². The van der Waals surface area contributed by atoms with Gasteiger partial charge in [-0.25, -0.2) is 0 Å². The molecule has 0 amide bonds. The van der Waals surface area contributed by atoms with E-state index in [0.717, 1.165) is 18.8 Å². The fraction of sp³-hybridized carbons (Fsp3) is 0.867. The maximum absolute atomic E-state index is 5.40. The summed E-state index contributed by atoms with van der Waals surface area (Å²) < 4.78 is 0. The molecule has 0 saturated carbocycles. The topological polar surface area (TPSA) is 15.3 Å². The largest absolute Gasteiger partial charge is 0.310 e. The lowest BCUT2D eigenvalue weighted by molar-refractivity contribution is 0.164. The van der Waals surface area contributed by atoms with Crippen molar-refractivity contribution >= 4 is 0 Å². The number of nitrogens with zero attached hydrogens (tertiary/aromatic N) is 1. The molecule has 17 heavy (non-hydrogen) atoms. The summed E-state index contributed by atoms with van der Waals surface area (Å²) in [7, 11) is 0. The minimum Gasteiger partial charge on any atom is -0.310 e. The van der Waals surface area contributed by atoms with Crippen LogP contribution in [0.4, 0.5) is 0 Å². The summed E-state index contributed by atoms with van der Waals surface area (Å²) in [5, 5.41) is 3.71. The summed E-state index contributed by atoms with van der Waals surface area (Å²) in [4.78, 5) is 2.54. The summed E-state index contributed by atoms with van der Waals surface area (Å²) in [5.41, 5.74) is 0. The van der Waals surface area contributed by atoms with E-state index in [4.69, 9.17) is 6.42 Å². The third kappa shape index (κ3) is 4.69. The third-order valence-corrected chi connectivity index (χ3v) is 4.14. The van der Waals surface area contributed by atoms with Crippen LogP contribution in [-0.4, -0.2) is 36.6 Å². The minimum absolute atomic E-state index is 0.499. The van der Waals surface area contributed by atoms with Gasteiger partial charge in [0.1, 0.15) is 0 Å². The Morgan fingerprint density at radius 2 is 2.00 bits per heavy atom. The molecule has 0 spiro atoms. The van der Waals surface area contributed by atoms with Crippen LogP contribution >= 0.6 is 0 Å². The highest BCUT2D eigenvalue weighted by Crippen LogP contribution is 2.21. The Morgan fingerprint density at radius 1 is 1.35 bits per heavy atom. The molecule has 0 aromatic heterocycles. The number of piperidine rings is 1. The minimum atomic E-state index is 0.499. The van der Waals surface area contributed by atoms with E-state index in [2.05, 4.69) is 36.9 Å². The number of hydrogen-bond donors (Lipinski definition) is 1. The van der Waals surface area contributed by atoms with Gasteiger partial charge in [0, 0.05) is 18.5 Å². The molecule has 2 heteroatoms. The number of likely N-dealkylation sites (tertiary alicyclic amines) is 1. The zero-order chi connectivity index (χ0) is 12.7. The van der Waals surface area contributed by atoms with Crippen molar-refractivity contribution in [3.8, 4) is 12.3 Å². The van der Waals surface area contributed by atoms with E-state index in [1.807, 2.05) is 0 Å². The van der Waals surface area contributed by atoms with Crippen molar-refractivity contribution in [3.63, 3.8) is 0 Å². The van der Waals surface area contributed by atoms with Crippen LogP contribution in [0.25, 0.3) is 0 Å². The third-order valence-electron chi connectivity index (χ3n) is 4.14. The molecule has 0 aromatic carbocycles. The van der Waals surface area contributed by atoms with Gasteiger partial charge in [-0.3, -0.25) is 0 Å². The van der Waals surface area contributed by atoms with Crippen molar-refractivity contribution in [2.24, 2.45) is 5.92 Å². The SMILES string of the molecule is C#CCC(CC)NC(C)C1CCN(CC)CC1. The van der Waals surface area contributed by atoms with Crippen molar-refractivity contribution in [3.05, 3.63) is 0 Å². The van der Waals surface area contributed by atoms with Crippen LogP contribution in [0.5, 0.6) is 0 Å². The lowest BCUT2D eigenvalue weighted by Gasteiger charge is -2.35. The summed E-state index contributed by atoms with van der Waals surface area (Å²) >= 11 is 0. The van der Waals surface area contributed by atoms with E-state index in [0.29, 0.717) is 12.1 Å². The second kappa shape index (κ2) is 7.74. The summed E-state index contributed by atoms with van der Waals surface area (Å²) in [6, 6.07) is 1.10. The Balaban J connectivity index is 2.33. The van der Waals surface area contributed by atoms with Crippen LogP contribution < -0.4 is 5.32 Å². The van der Waals surface area contributed by atoms with Crippen LogP contribution in [0.15, 0.2) is 0 Å². The van der Waals surface area contributed by atoms with Gasteiger partial charge in [-0.05, 0) is 51.7 Å². The highest BCUT2D eigenvalue weighted by atomic mass is 15.1. The van der Waals surface area contributed by atoms with Gasteiger partial charge in [-0.1, -0.05) is 13.8 Å². The van der Waals surface area contributed by atoms with Gasteiger partial charge >= 0.3 is 0 Å². The molecule has 0 aromatic rings. The van der Waals surface area contributed by atoms with Crippen molar-refractivity contribution < 1.29 is 0 Å². The van der Waals surface area contributed by atoms with Crippen LogP contribution in [-0.2, 0) is 0 Å². The highest BCUT2D eigenvalue weighted by molar-refractivity contribution is 4.91. The van der Waals surface area contributed by atoms with Crippen molar-refractivity contribution in [1.29, 1.82) is 0 Å². The molecule has 1 fully saturated rings. The predicted molar refractivity (Wildman–Crippen MR) is 75.0 cm³/mol. The molecule has 0 bridgehead atoms. The fourth-order valence-corrected chi connectivity index (χ4v) is 2.74. The van der Waals surface area contributed by atoms with Gasteiger partial charge < -0.3 is 10.2 Å². The van der Waals surface area contributed by atoms with Gasteiger partial charge in [0.05, 0.1) is 0 Å². The average Bonchev–Trinajstić information content (AvgIpc) is 2.38. The lowest BCUT2D eigenvalue weighted by Crippen LogP contribution is -2.45. The molecule has 1 heterocycles. The molecule has 1 aliphatic rings. The van der Waals surface area contributed by atoms with Crippen LogP contribution in [0.1, 0.15) is 46.5 Å². The molecule has 2 nitrogen and oxygen atoms in total. The van der Waals surface area contributed by atoms with E-state index < -0.39 is 0 Å². The molecule has 0 aliphatic carbocycles. The quantitative estimate of drug-likeness (QED) is 0.713. The van der Waals surface area contributed by atoms with Crippen molar-refractivity contribution in [2.45, 2.75) is 58.5 Å². The smallest absolute Gasteiger partial charge is 0.0240 e. The normalized spacial score (nSPS) is 22.0. The number of hydrogen-bond acceptors (Lipinski definition) is 2. The van der Waals surface area contributed by atoms with E-state index in [1.165, 1.54) is 32.5 Å². The number of terminal acetylenes is 1. The highest BCUT2D eigenvalue weighted by Gasteiger charge is 2.24. The first-order valence-electron chi connectivity index (χ1n) is 7.13. The van der Waals surface area contributed by atoms with E-state index >= 15 is 0 Å². The van der Waals surface area contributed by atoms with E-state index in [1.54, 1.807) is 0 Å². The Labute approximate surface area is 107 Å². The zero-order valence-corrected chi connectivity index (χ0v) is 11.7. The first-order chi connectivity index (χ1) is 8.21. The number of rotatable bonds is 6. The maximum Gasteiger partial charge on any atom is 0.0240 e. The Hall–Kier alpha value is -0.520.